The zero-order chi connectivity index (χ0) is 12.8. The Bertz CT molecular complexity index is 350. The van der Waals surface area contributed by atoms with E-state index in [9.17, 15) is 0 Å². The van der Waals surface area contributed by atoms with Crippen molar-refractivity contribution in [3.05, 3.63) is 28.2 Å². The van der Waals surface area contributed by atoms with Crippen molar-refractivity contribution in [2.24, 2.45) is 5.73 Å². The number of anilines is 1. The highest BCUT2D eigenvalue weighted by molar-refractivity contribution is 9.10. The fourth-order valence-corrected chi connectivity index (χ4v) is 2.53. The minimum atomic E-state index is 0.0887. The van der Waals surface area contributed by atoms with Gasteiger partial charge in [-0.05, 0) is 47.0 Å². The van der Waals surface area contributed by atoms with Gasteiger partial charge in [0.2, 0.25) is 0 Å². The molecule has 1 rings (SSSR count). The maximum Gasteiger partial charge on any atom is 0.0508 e. The van der Waals surface area contributed by atoms with Gasteiger partial charge in [-0.15, -0.1) is 0 Å². The second-order valence-corrected chi connectivity index (χ2v) is 5.48. The molecule has 0 amide bonds. The van der Waals surface area contributed by atoms with Crippen LogP contribution in [0.2, 0.25) is 0 Å². The number of hydrogen-bond donors (Lipinski definition) is 1. The predicted molar refractivity (Wildman–Crippen MR) is 79.5 cm³/mol. The highest BCUT2D eigenvalue weighted by Gasteiger charge is 2.07. The first-order valence-electron chi connectivity index (χ1n) is 6.32. The van der Waals surface area contributed by atoms with Crippen molar-refractivity contribution < 1.29 is 0 Å². The smallest absolute Gasteiger partial charge is 0.0508 e. The van der Waals surface area contributed by atoms with Crippen molar-refractivity contribution in [3.63, 3.8) is 0 Å². The second kappa shape index (κ2) is 7.02. The van der Waals surface area contributed by atoms with Crippen LogP contribution in [0, 0.1) is 0 Å². The van der Waals surface area contributed by atoms with Crippen LogP contribution in [0.3, 0.4) is 0 Å². The van der Waals surface area contributed by atoms with Crippen LogP contribution in [0.1, 0.15) is 44.7 Å². The van der Waals surface area contributed by atoms with Gasteiger partial charge >= 0.3 is 0 Å². The molecular weight excluding hydrogens is 276 g/mol. The number of benzene rings is 1. The van der Waals surface area contributed by atoms with Crippen LogP contribution < -0.4 is 10.6 Å². The van der Waals surface area contributed by atoms with E-state index in [2.05, 4.69) is 53.0 Å². The molecule has 0 heterocycles. The molecule has 0 saturated heterocycles. The van der Waals surface area contributed by atoms with Crippen molar-refractivity contribution >= 4 is 21.6 Å². The molecule has 0 aliphatic rings. The van der Waals surface area contributed by atoms with Gasteiger partial charge in [0, 0.05) is 24.1 Å². The second-order valence-electron chi connectivity index (χ2n) is 4.63. The summed E-state index contributed by atoms with van der Waals surface area (Å²) in [4.78, 5) is 2.30. The van der Waals surface area contributed by atoms with Crippen LogP contribution in [-0.2, 0) is 0 Å². The molecule has 0 aliphatic carbocycles. The van der Waals surface area contributed by atoms with E-state index in [1.54, 1.807) is 0 Å². The molecule has 1 aromatic carbocycles. The highest BCUT2D eigenvalue weighted by atomic mass is 79.9. The maximum atomic E-state index is 5.87. The third-order valence-corrected chi connectivity index (χ3v) is 3.64. The molecule has 0 aliphatic heterocycles. The molecule has 2 nitrogen and oxygen atoms in total. The SMILES string of the molecule is CCCCCN(C)c1ccc([C@H](C)N)cc1Br. The van der Waals surface area contributed by atoms with Crippen LogP contribution in [0.15, 0.2) is 22.7 Å². The number of unbranched alkanes of at least 4 members (excludes halogenated alkanes) is 2. The third kappa shape index (κ3) is 4.32. The molecule has 0 bridgehead atoms. The van der Waals surface area contributed by atoms with Gasteiger partial charge in [-0.25, -0.2) is 0 Å². The van der Waals surface area contributed by atoms with Gasteiger partial charge in [-0.1, -0.05) is 25.8 Å². The summed E-state index contributed by atoms with van der Waals surface area (Å²) in [6, 6.07) is 6.47. The number of halogens is 1. The topological polar surface area (TPSA) is 29.3 Å². The van der Waals surface area contributed by atoms with Crippen LogP contribution in [-0.4, -0.2) is 13.6 Å². The lowest BCUT2D eigenvalue weighted by atomic mass is 10.1. The van der Waals surface area contributed by atoms with Gasteiger partial charge in [-0.2, -0.15) is 0 Å². The molecule has 1 atom stereocenters. The Hall–Kier alpha value is -0.540. The molecule has 2 N–H and O–H groups in total. The Morgan fingerprint density at radius 1 is 1.35 bits per heavy atom. The molecule has 0 fully saturated rings. The Kier molecular flexibility index (Phi) is 6.00. The van der Waals surface area contributed by atoms with E-state index in [-0.39, 0.29) is 6.04 Å². The van der Waals surface area contributed by atoms with E-state index in [1.807, 2.05) is 6.92 Å². The van der Waals surface area contributed by atoms with E-state index in [0.717, 1.165) is 11.0 Å². The Morgan fingerprint density at radius 3 is 2.59 bits per heavy atom. The van der Waals surface area contributed by atoms with Crippen LogP contribution >= 0.6 is 15.9 Å². The zero-order valence-electron chi connectivity index (χ0n) is 11.0. The lowest BCUT2D eigenvalue weighted by Crippen LogP contribution is -2.19. The monoisotopic (exact) mass is 298 g/mol. The molecule has 17 heavy (non-hydrogen) atoms. The van der Waals surface area contributed by atoms with E-state index in [1.165, 1.54) is 30.5 Å². The molecule has 0 saturated carbocycles. The average Bonchev–Trinajstić information content (AvgIpc) is 2.28. The number of nitrogens with two attached hydrogens (primary N) is 1. The largest absolute Gasteiger partial charge is 0.374 e. The maximum absolute atomic E-state index is 5.87. The molecule has 96 valence electrons. The first-order valence-corrected chi connectivity index (χ1v) is 7.11. The summed E-state index contributed by atoms with van der Waals surface area (Å²) in [6.07, 6.45) is 3.80. The van der Waals surface area contributed by atoms with Crippen molar-refractivity contribution in [2.75, 3.05) is 18.5 Å². The third-order valence-electron chi connectivity index (χ3n) is 3.01. The van der Waals surface area contributed by atoms with E-state index in [4.69, 9.17) is 5.73 Å². The van der Waals surface area contributed by atoms with E-state index in [0.29, 0.717) is 0 Å². The van der Waals surface area contributed by atoms with Crippen LogP contribution in [0.5, 0.6) is 0 Å². The van der Waals surface area contributed by atoms with E-state index >= 15 is 0 Å². The van der Waals surface area contributed by atoms with Gasteiger partial charge in [0.25, 0.3) is 0 Å². The first-order chi connectivity index (χ1) is 8.06. The summed E-state index contributed by atoms with van der Waals surface area (Å²) < 4.78 is 1.13. The van der Waals surface area contributed by atoms with E-state index < -0.39 is 0 Å². The number of hydrogen-bond acceptors (Lipinski definition) is 2. The highest BCUT2D eigenvalue weighted by Crippen LogP contribution is 2.28. The summed E-state index contributed by atoms with van der Waals surface area (Å²) in [6.45, 7) is 5.34. The molecule has 0 unspecified atom stereocenters. The van der Waals surface area contributed by atoms with Crippen molar-refractivity contribution in [1.82, 2.24) is 0 Å². The fraction of sp³-hybridized carbons (Fsp3) is 0.571. The van der Waals surface area contributed by atoms with Gasteiger partial charge in [0.1, 0.15) is 0 Å². The summed E-state index contributed by atoms with van der Waals surface area (Å²) in [5.74, 6) is 0. The number of rotatable bonds is 6. The minimum Gasteiger partial charge on any atom is -0.374 e. The summed E-state index contributed by atoms with van der Waals surface area (Å²) in [7, 11) is 2.14. The van der Waals surface area contributed by atoms with Crippen LogP contribution in [0.25, 0.3) is 0 Å². The first kappa shape index (κ1) is 14.5. The summed E-state index contributed by atoms with van der Waals surface area (Å²) >= 11 is 3.63. The molecule has 0 aromatic heterocycles. The summed E-state index contributed by atoms with van der Waals surface area (Å²) in [5.41, 5.74) is 8.28. The summed E-state index contributed by atoms with van der Waals surface area (Å²) in [5, 5.41) is 0. The van der Waals surface area contributed by atoms with Gasteiger partial charge in [0.15, 0.2) is 0 Å². The van der Waals surface area contributed by atoms with Crippen molar-refractivity contribution in [3.8, 4) is 0 Å². The fourth-order valence-electron chi connectivity index (χ4n) is 1.84. The molecule has 1 aromatic rings. The van der Waals surface area contributed by atoms with Gasteiger partial charge < -0.3 is 10.6 Å². The number of nitrogens with zero attached hydrogens (tertiary/aromatic N) is 1. The molecule has 0 radical (unpaired) electrons. The van der Waals surface area contributed by atoms with Gasteiger partial charge in [-0.3, -0.25) is 0 Å². The zero-order valence-corrected chi connectivity index (χ0v) is 12.6. The Labute approximate surface area is 113 Å². The molecule has 0 spiro atoms. The predicted octanol–water partition coefficient (Wildman–Crippen LogP) is 4.10. The Balaban J connectivity index is 2.70. The van der Waals surface area contributed by atoms with Crippen molar-refractivity contribution in [1.29, 1.82) is 0 Å². The quantitative estimate of drug-likeness (QED) is 0.801. The lowest BCUT2D eigenvalue weighted by Gasteiger charge is -2.21. The average molecular weight is 299 g/mol. The van der Waals surface area contributed by atoms with Crippen molar-refractivity contribution in [2.45, 2.75) is 39.2 Å². The lowest BCUT2D eigenvalue weighted by molar-refractivity contribution is 0.704. The van der Waals surface area contributed by atoms with Crippen LogP contribution in [0.4, 0.5) is 5.69 Å². The molecular formula is C14H23BrN2. The normalized spacial score (nSPS) is 12.5. The molecule has 3 heteroatoms. The Morgan fingerprint density at radius 2 is 2.06 bits per heavy atom. The standard InChI is InChI=1S/C14H23BrN2/c1-4-5-6-9-17(3)14-8-7-12(11(2)16)10-13(14)15/h7-8,10-11H,4-6,9,16H2,1-3H3/t11-/m0/s1. The minimum absolute atomic E-state index is 0.0887. The van der Waals surface area contributed by atoms with Gasteiger partial charge in [0.05, 0.1) is 5.69 Å².